The summed E-state index contributed by atoms with van der Waals surface area (Å²) < 4.78 is 24.0. The van der Waals surface area contributed by atoms with Crippen molar-refractivity contribution in [1.82, 2.24) is 0 Å². The first-order valence-electron chi connectivity index (χ1n) is 10.3. The molecule has 1 fully saturated rings. The minimum atomic E-state index is -2.06. The van der Waals surface area contributed by atoms with Gasteiger partial charge >= 0.3 is 5.97 Å². The number of hydrogen-bond donors (Lipinski definition) is 1. The predicted molar refractivity (Wildman–Crippen MR) is 113 cm³/mol. The number of ether oxygens (including phenoxy) is 3. The van der Waals surface area contributed by atoms with Crippen LogP contribution in [-0.2, 0) is 23.4 Å². The summed E-state index contributed by atoms with van der Waals surface area (Å²) in [4.78, 5) is 12.0. The molecule has 0 aliphatic carbocycles. The average molecular weight is 419 g/mol. The van der Waals surface area contributed by atoms with E-state index in [1.165, 1.54) is 0 Å². The van der Waals surface area contributed by atoms with Crippen molar-refractivity contribution < 1.29 is 28.5 Å². The van der Waals surface area contributed by atoms with Crippen LogP contribution in [0.2, 0.25) is 18.1 Å². The van der Waals surface area contributed by atoms with E-state index in [0.717, 1.165) is 0 Å². The highest BCUT2D eigenvalue weighted by Crippen LogP contribution is 2.40. The van der Waals surface area contributed by atoms with Crippen LogP contribution in [0.15, 0.2) is 0 Å². The van der Waals surface area contributed by atoms with Gasteiger partial charge in [-0.3, -0.25) is 4.79 Å². The van der Waals surface area contributed by atoms with Gasteiger partial charge in [0.15, 0.2) is 14.1 Å². The van der Waals surface area contributed by atoms with Gasteiger partial charge in [-0.05, 0) is 65.6 Å². The zero-order valence-corrected chi connectivity index (χ0v) is 20.5. The molecule has 3 atom stereocenters. The van der Waals surface area contributed by atoms with Gasteiger partial charge in [-0.2, -0.15) is 0 Å². The van der Waals surface area contributed by atoms with Gasteiger partial charge < -0.3 is 23.7 Å². The third-order valence-electron chi connectivity index (χ3n) is 5.50. The van der Waals surface area contributed by atoms with Crippen molar-refractivity contribution in [3.05, 3.63) is 0 Å². The number of carbonyl (C=O) groups excluding carboxylic acids is 1. The van der Waals surface area contributed by atoms with Crippen LogP contribution >= 0.6 is 0 Å². The van der Waals surface area contributed by atoms with Crippen molar-refractivity contribution in [3.63, 3.8) is 0 Å². The van der Waals surface area contributed by atoms with Crippen LogP contribution in [0.3, 0.4) is 0 Å². The van der Waals surface area contributed by atoms with Gasteiger partial charge in [-0.25, -0.2) is 0 Å². The van der Waals surface area contributed by atoms with Crippen molar-refractivity contribution in [2.24, 2.45) is 5.41 Å². The Balaban J connectivity index is 2.86. The monoisotopic (exact) mass is 418 g/mol. The summed E-state index contributed by atoms with van der Waals surface area (Å²) >= 11 is 0. The maximum atomic E-state index is 12.0. The molecular weight excluding hydrogens is 376 g/mol. The summed E-state index contributed by atoms with van der Waals surface area (Å²) in [7, 11) is -2.06. The van der Waals surface area contributed by atoms with E-state index in [4.69, 9.17) is 18.6 Å². The number of carbonyl (C=O) groups is 1. The van der Waals surface area contributed by atoms with Crippen LogP contribution in [0, 0.1) is 5.41 Å². The number of aliphatic hydroxyl groups excluding tert-OH is 1. The first-order chi connectivity index (χ1) is 12.5. The van der Waals surface area contributed by atoms with Crippen LogP contribution < -0.4 is 0 Å². The Labute approximate surface area is 172 Å². The zero-order valence-electron chi connectivity index (χ0n) is 19.5. The Morgan fingerprint density at radius 1 is 1.14 bits per heavy atom. The van der Waals surface area contributed by atoms with Gasteiger partial charge in [0.05, 0.1) is 24.7 Å². The number of hydrogen-bond acceptors (Lipinski definition) is 6. The fourth-order valence-corrected chi connectivity index (χ4v) is 4.19. The molecule has 6 nitrogen and oxygen atoms in total. The molecule has 0 aromatic carbocycles. The second-order valence-electron chi connectivity index (χ2n) is 10.8. The molecule has 166 valence electrons. The standard InChI is InChI=1S/C21H42O6Si/c1-19(2,3)18(23)24-13-11-12-15(27-28(9,10)20(4,5)6)17-16(14-22)25-21(7,8)26-17/h15-17,22H,11-14H2,1-10H3/t15-,16-,17+/m1/s1. The molecule has 1 heterocycles. The molecule has 0 aromatic rings. The molecule has 1 rings (SSSR count). The minimum Gasteiger partial charge on any atom is -0.465 e. The SMILES string of the molecule is CC1(C)O[C@@H]([C@@H](CCCOC(=O)C(C)(C)C)O[Si](C)(C)C(C)(C)C)[C@@H](CO)O1. The van der Waals surface area contributed by atoms with E-state index in [9.17, 15) is 9.90 Å². The smallest absolute Gasteiger partial charge is 0.311 e. The van der Waals surface area contributed by atoms with E-state index >= 15 is 0 Å². The third kappa shape index (κ3) is 7.09. The maximum Gasteiger partial charge on any atom is 0.311 e. The van der Waals surface area contributed by atoms with Gasteiger partial charge in [-0.1, -0.05) is 20.8 Å². The normalized spacial score (nSPS) is 24.2. The Kier molecular flexibility index (Phi) is 8.33. The maximum absolute atomic E-state index is 12.0. The molecule has 1 saturated heterocycles. The Bertz CT molecular complexity index is 518. The van der Waals surface area contributed by atoms with Crippen molar-refractivity contribution >= 4 is 14.3 Å². The van der Waals surface area contributed by atoms with Crippen LogP contribution in [-0.4, -0.2) is 56.7 Å². The minimum absolute atomic E-state index is 0.0492. The molecule has 0 aromatic heterocycles. The lowest BCUT2D eigenvalue weighted by molar-refractivity contribution is -0.157. The summed E-state index contributed by atoms with van der Waals surface area (Å²) in [6, 6.07) is 0. The Morgan fingerprint density at radius 3 is 2.18 bits per heavy atom. The predicted octanol–water partition coefficient (Wildman–Crippen LogP) is 4.26. The lowest BCUT2D eigenvalue weighted by atomic mass is 9.97. The first kappa shape index (κ1) is 25.6. The van der Waals surface area contributed by atoms with Crippen molar-refractivity contribution in [2.75, 3.05) is 13.2 Å². The van der Waals surface area contributed by atoms with E-state index in [1.54, 1.807) is 0 Å². The number of esters is 1. The van der Waals surface area contributed by atoms with Gasteiger partial charge in [0.2, 0.25) is 0 Å². The van der Waals surface area contributed by atoms with Crippen LogP contribution in [0.25, 0.3) is 0 Å². The van der Waals surface area contributed by atoms with Gasteiger partial charge in [0.1, 0.15) is 12.2 Å². The second kappa shape index (κ2) is 9.12. The quantitative estimate of drug-likeness (QED) is 0.361. The summed E-state index contributed by atoms with van der Waals surface area (Å²) in [6.07, 6.45) is 0.326. The molecule has 0 unspecified atom stereocenters. The first-order valence-corrected chi connectivity index (χ1v) is 13.2. The molecule has 0 bridgehead atoms. The highest BCUT2D eigenvalue weighted by Gasteiger charge is 2.48. The molecule has 7 heteroatoms. The Hall–Kier alpha value is -0.473. The zero-order chi connectivity index (χ0) is 22.0. The largest absolute Gasteiger partial charge is 0.465 e. The fourth-order valence-electron chi connectivity index (χ4n) is 2.83. The van der Waals surface area contributed by atoms with E-state index < -0.39 is 25.6 Å². The molecule has 0 saturated carbocycles. The van der Waals surface area contributed by atoms with Crippen molar-refractivity contribution in [1.29, 1.82) is 0 Å². The molecule has 0 radical (unpaired) electrons. The molecule has 1 aliphatic rings. The molecular formula is C21H42O6Si. The lowest BCUT2D eigenvalue weighted by Crippen LogP contribution is -2.49. The molecule has 0 amide bonds. The van der Waals surface area contributed by atoms with Gasteiger partial charge in [0.25, 0.3) is 0 Å². The summed E-state index contributed by atoms with van der Waals surface area (Å²) in [5.74, 6) is -0.963. The average Bonchev–Trinajstić information content (AvgIpc) is 2.82. The van der Waals surface area contributed by atoms with E-state index in [1.807, 2.05) is 34.6 Å². The lowest BCUT2D eigenvalue weighted by Gasteiger charge is -2.41. The third-order valence-corrected chi connectivity index (χ3v) is 10.0. The summed E-state index contributed by atoms with van der Waals surface area (Å²) in [5, 5.41) is 9.84. The van der Waals surface area contributed by atoms with E-state index in [0.29, 0.717) is 19.4 Å². The topological polar surface area (TPSA) is 74.2 Å². The summed E-state index contributed by atoms with van der Waals surface area (Å²) in [5.41, 5.74) is -0.508. The number of aliphatic hydroxyl groups is 1. The highest BCUT2D eigenvalue weighted by atomic mass is 28.4. The van der Waals surface area contributed by atoms with Gasteiger partial charge in [-0.15, -0.1) is 0 Å². The second-order valence-corrected chi connectivity index (χ2v) is 15.5. The van der Waals surface area contributed by atoms with Crippen LogP contribution in [0.5, 0.6) is 0 Å². The Morgan fingerprint density at radius 2 is 1.71 bits per heavy atom. The summed E-state index contributed by atoms with van der Waals surface area (Å²) in [6.45, 7) is 20.4. The number of rotatable bonds is 8. The fraction of sp³-hybridized carbons (Fsp3) is 0.952. The van der Waals surface area contributed by atoms with E-state index in [2.05, 4.69) is 33.9 Å². The van der Waals surface area contributed by atoms with Crippen molar-refractivity contribution in [2.45, 2.75) is 110 Å². The van der Waals surface area contributed by atoms with Crippen LogP contribution in [0.1, 0.15) is 68.2 Å². The molecule has 0 spiro atoms. The highest BCUT2D eigenvalue weighted by molar-refractivity contribution is 6.74. The van der Waals surface area contributed by atoms with Crippen LogP contribution in [0.4, 0.5) is 0 Å². The van der Waals surface area contributed by atoms with E-state index in [-0.39, 0.29) is 29.8 Å². The molecule has 1 aliphatic heterocycles. The molecule has 1 N–H and O–H groups in total. The van der Waals surface area contributed by atoms with Gasteiger partial charge in [0, 0.05) is 0 Å². The van der Waals surface area contributed by atoms with Crippen molar-refractivity contribution in [3.8, 4) is 0 Å². The molecule has 28 heavy (non-hydrogen) atoms.